The summed E-state index contributed by atoms with van der Waals surface area (Å²) >= 11 is 1.65. The van der Waals surface area contributed by atoms with Crippen LogP contribution in [0.3, 0.4) is 0 Å². The molecular weight excluding hydrogens is 384 g/mol. The van der Waals surface area contributed by atoms with E-state index in [1.165, 1.54) is 0 Å². The molecule has 0 spiro atoms. The van der Waals surface area contributed by atoms with Gasteiger partial charge in [0.25, 0.3) is 5.91 Å². The van der Waals surface area contributed by atoms with Crippen molar-refractivity contribution in [2.75, 3.05) is 23.5 Å². The molecule has 0 fully saturated rings. The van der Waals surface area contributed by atoms with Gasteiger partial charge < -0.3 is 15.4 Å². The molecule has 0 aliphatic heterocycles. The number of methoxy groups -OCH3 is 1. The van der Waals surface area contributed by atoms with Crippen molar-refractivity contribution >= 4 is 35.0 Å². The summed E-state index contributed by atoms with van der Waals surface area (Å²) in [7, 11) is 1.56. The van der Waals surface area contributed by atoms with Crippen LogP contribution in [-0.2, 0) is 4.79 Å². The van der Waals surface area contributed by atoms with Crippen LogP contribution in [0, 0.1) is 0 Å². The summed E-state index contributed by atoms with van der Waals surface area (Å²) < 4.78 is 5.24. The smallest absolute Gasteiger partial charge is 0.255 e. The molecule has 0 aliphatic rings. The SMILES string of the molecule is COc1ccccc1NC(=O)c1ccc(NC(=O)CCSc2ccccc2)cc1. The number of benzene rings is 3. The van der Waals surface area contributed by atoms with Crippen LogP contribution in [0.1, 0.15) is 16.8 Å². The third-order valence-corrected chi connectivity index (χ3v) is 5.14. The Labute approximate surface area is 174 Å². The van der Waals surface area contributed by atoms with Crippen molar-refractivity contribution in [3.8, 4) is 5.75 Å². The minimum absolute atomic E-state index is 0.0559. The standard InChI is InChI=1S/C23H22N2O3S/c1-28-21-10-6-5-9-20(21)25-23(27)17-11-13-18(14-12-17)24-22(26)15-16-29-19-7-3-2-4-8-19/h2-14H,15-16H2,1H3,(H,24,26)(H,25,27). The molecule has 3 aromatic carbocycles. The molecule has 0 aromatic heterocycles. The summed E-state index contributed by atoms with van der Waals surface area (Å²) in [5, 5.41) is 5.69. The number of thioether (sulfide) groups is 1. The van der Waals surface area contributed by atoms with Gasteiger partial charge in [-0.3, -0.25) is 9.59 Å². The van der Waals surface area contributed by atoms with E-state index in [2.05, 4.69) is 10.6 Å². The molecule has 0 aliphatic carbocycles. The average molecular weight is 407 g/mol. The Morgan fingerprint density at radius 2 is 1.55 bits per heavy atom. The maximum atomic E-state index is 12.4. The fourth-order valence-corrected chi connectivity index (χ4v) is 3.52. The van der Waals surface area contributed by atoms with Crippen molar-refractivity contribution in [3.05, 3.63) is 84.4 Å². The van der Waals surface area contributed by atoms with Crippen molar-refractivity contribution < 1.29 is 14.3 Å². The van der Waals surface area contributed by atoms with Gasteiger partial charge in [0.1, 0.15) is 5.75 Å². The minimum atomic E-state index is -0.244. The van der Waals surface area contributed by atoms with E-state index in [0.29, 0.717) is 34.9 Å². The molecule has 3 aromatic rings. The lowest BCUT2D eigenvalue weighted by atomic mass is 10.2. The van der Waals surface area contributed by atoms with Crippen LogP contribution in [0.2, 0.25) is 0 Å². The van der Waals surface area contributed by atoms with E-state index in [0.717, 1.165) is 4.90 Å². The quantitative estimate of drug-likeness (QED) is 0.513. The Kier molecular flexibility index (Phi) is 7.30. The lowest BCUT2D eigenvalue weighted by Gasteiger charge is -2.10. The van der Waals surface area contributed by atoms with E-state index >= 15 is 0 Å². The van der Waals surface area contributed by atoms with Crippen LogP contribution >= 0.6 is 11.8 Å². The number of anilines is 2. The number of amides is 2. The summed E-state index contributed by atoms with van der Waals surface area (Å²) in [4.78, 5) is 25.7. The molecule has 148 valence electrons. The molecule has 0 bridgehead atoms. The van der Waals surface area contributed by atoms with E-state index in [9.17, 15) is 9.59 Å². The average Bonchev–Trinajstić information content (AvgIpc) is 2.75. The fraction of sp³-hybridized carbons (Fsp3) is 0.130. The zero-order valence-electron chi connectivity index (χ0n) is 16.1. The van der Waals surface area contributed by atoms with Crippen molar-refractivity contribution in [1.29, 1.82) is 0 Å². The predicted molar refractivity (Wildman–Crippen MR) is 118 cm³/mol. The van der Waals surface area contributed by atoms with Crippen molar-refractivity contribution in [2.24, 2.45) is 0 Å². The van der Waals surface area contributed by atoms with Crippen molar-refractivity contribution in [3.63, 3.8) is 0 Å². The minimum Gasteiger partial charge on any atom is -0.495 e. The summed E-state index contributed by atoms with van der Waals surface area (Å²) in [6.45, 7) is 0. The number of carbonyl (C=O) groups excluding carboxylic acids is 2. The van der Waals surface area contributed by atoms with Crippen LogP contribution in [0.5, 0.6) is 5.75 Å². The fourth-order valence-electron chi connectivity index (χ4n) is 2.65. The van der Waals surface area contributed by atoms with E-state index < -0.39 is 0 Å². The highest BCUT2D eigenvalue weighted by atomic mass is 32.2. The maximum absolute atomic E-state index is 12.4. The molecular formula is C23H22N2O3S. The molecule has 0 heterocycles. The second-order valence-corrected chi connectivity index (χ2v) is 7.36. The first-order chi connectivity index (χ1) is 14.2. The molecule has 0 atom stereocenters. The number of rotatable bonds is 8. The summed E-state index contributed by atoms with van der Waals surface area (Å²) in [5.41, 5.74) is 1.76. The molecule has 3 rings (SSSR count). The highest BCUT2D eigenvalue weighted by Gasteiger charge is 2.10. The van der Waals surface area contributed by atoms with E-state index in [1.807, 2.05) is 42.5 Å². The lowest BCUT2D eigenvalue weighted by molar-refractivity contribution is -0.115. The number of ether oxygens (including phenoxy) is 1. The predicted octanol–water partition coefficient (Wildman–Crippen LogP) is 5.07. The van der Waals surface area contributed by atoms with Crippen LogP contribution in [0.4, 0.5) is 11.4 Å². The molecule has 6 heteroatoms. The van der Waals surface area contributed by atoms with Gasteiger partial charge in [-0.1, -0.05) is 30.3 Å². The molecule has 0 radical (unpaired) electrons. The molecule has 0 unspecified atom stereocenters. The second-order valence-electron chi connectivity index (χ2n) is 6.19. The number of hydrogen-bond acceptors (Lipinski definition) is 4. The third-order valence-electron chi connectivity index (χ3n) is 4.13. The first-order valence-electron chi connectivity index (χ1n) is 9.18. The molecule has 0 saturated heterocycles. The number of nitrogens with one attached hydrogen (secondary N) is 2. The Bertz CT molecular complexity index is 959. The highest BCUT2D eigenvalue weighted by molar-refractivity contribution is 7.99. The first kappa shape index (κ1) is 20.5. The number of carbonyl (C=O) groups is 2. The zero-order chi connectivity index (χ0) is 20.5. The van der Waals surface area contributed by atoms with Crippen molar-refractivity contribution in [2.45, 2.75) is 11.3 Å². The van der Waals surface area contributed by atoms with Gasteiger partial charge in [0.2, 0.25) is 5.91 Å². The topological polar surface area (TPSA) is 67.4 Å². The Morgan fingerprint density at radius 3 is 2.28 bits per heavy atom. The van der Waals surface area contributed by atoms with Gasteiger partial charge in [0, 0.05) is 28.3 Å². The van der Waals surface area contributed by atoms with Gasteiger partial charge in [0.15, 0.2) is 0 Å². The molecule has 5 nitrogen and oxygen atoms in total. The Balaban J connectivity index is 1.50. The van der Waals surface area contributed by atoms with Gasteiger partial charge in [-0.05, 0) is 48.5 Å². The first-order valence-corrected chi connectivity index (χ1v) is 10.2. The van der Waals surface area contributed by atoms with Gasteiger partial charge in [-0.2, -0.15) is 0 Å². The highest BCUT2D eigenvalue weighted by Crippen LogP contribution is 2.24. The number of hydrogen-bond donors (Lipinski definition) is 2. The molecule has 0 saturated carbocycles. The van der Waals surface area contributed by atoms with E-state index in [-0.39, 0.29) is 11.8 Å². The Morgan fingerprint density at radius 1 is 0.862 bits per heavy atom. The summed E-state index contributed by atoms with van der Waals surface area (Å²) in [6, 6.07) is 24.0. The molecule has 2 amide bonds. The van der Waals surface area contributed by atoms with Crippen LogP contribution in [0.15, 0.2) is 83.8 Å². The summed E-state index contributed by atoms with van der Waals surface area (Å²) in [6.07, 6.45) is 0.412. The monoisotopic (exact) mass is 406 g/mol. The van der Waals surface area contributed by atoms with Gasteiger partial charge in [-0.15, -0.1) is 11.8 Å². The van der Waals surface area contributed by atoms with Gasteiger partial charge in [-0.25, -0.2) is 0 Å². The van der Waals surface area contributed by atoms with E-state index in [4.69, 9.17) is 4.74 Å². The second kappa shape index (κ2) is 10.3. The van der Waals surface area contributed by atoms with Crippen LogP contribution in [-0.4, -0.2) is 24.7 Å². The van der Waals surface area contributed by atoms with Gasteiger partial charge >= 0.3 is 0 Å². The maximum Gasteiger partial charge on any atom is 0.255 e. The third kappa shape index (κ3) is 6.12. The summed E-state index contributed by atoms with van der Waals surface area (Å²) in [5.74, 6) is 0.999. The van der Waals surface area contributed by atoms with Crippen molar-refractivity contribution in [1.82, 2.24) is 0 Å². The van der Waals surface area contributed by atoms with Crippen LogP contribution < -0.4 is 15.4 Å². The zero-order valence-corrected chi connectivity index (χ0v) is 16.9. The van der Waals surface area contributed by atoms with E-state index in [1.54, 1.807) is 55.3 Å². The van der Waals surface area contributed by atoms with Gasteiger partial charge in [0.05, 0.1) is 12.8 Å². The number of para-hydroxylation sites is 2. The largest absolute Gasteiger partial charge is 0.495 e. The molecule has 29 heavy (non-hydrogen) atoms. The lowest BCUT2D eigenvalue weighted by Crippen LogP contribution is -2.14. The Hall–Kier alpha value is -3.25. The molecule has 2 N–H and O–H groups in total. The van der Waals surface area contributed by atoms with Crippen LogP contribution in [0.25, 0.3) is 0 Å². The normalized spacial score (nSPS) is 10.2.